The van der Waals surface area contributed by atoms with Crippen LogP contribution >= 0.6 is 0 Å². The standard InChI is InChI=1S/C9H14N2O3.C8H8N2/c1-6-8(12)9(13)7(14-6)5-11-4-2-3-10-11;1-6-7-3-2-4-8(7)10-5-9-6/h2-4,6-9,12-13H,5H2,1H3;2-3,5H,4H2,1H3. The van der Waals surface area contributed by atoms with Crippen LogP contribution in [0.5, 0.6) is 0 Å². The molecule has 1 fully saturated rings. The summed E-state index contributed by atoms with van der Waals surface area (Å²) in [5.74, 6) is 0. The number of aliphatic hydroxyl groups excluding tert-OH is 2. The van der Waals surface area contributed by atoms with Crippen molar-refractivity contribution in [2.24, 2.45) is 0 Å². The predicted molar refractivity (Wildman–Crippen MR) is 88.1 cm³/mol. The molecule has 0 aromatic carbocycles. The maximum absolute atomic E-state index is 9.61. The Morgan fingerprint density at radius 1 is 1.29 bits per heavy atom. The third-order valence-electron chi connectivity index (χ3n) is 4.29. The highest BCUT2D eigenvalue weighted by Gasteiger charge is 2.40. The molecule has 0 bridgehead atoms. The van der Waals surface area contributed by atoms with Gasteiger partial charge in [0.05, 0.1) is 18.3 Å². The van der Waals surface area contributed by atoms with E-state index in [0.717, 1.165) is 17.8 Å². The number of fused-ring (bicyclic) bond motifs is 1. The van der Waals surface area contributed by atoms with Gasteiger partial charge in [0.25, 0.3) is 0 Å². The molecule has 7 nitrogen and oxygen atoms in total. The van der Waals surface area contributed by atoms with Crippen molar-refractivity contribution < 1.29 is 14.9 Å². The molecule has 128 valence electrons. The van der Waals surface area contributed by atoms with Crippen LogP contribution in [-0.4, -0.2) is 54.4 Å². The summed E-state index contributed by atoms with van der Waals surface area (Å²) in [7, 11) is 0. The normalized spacial score (nSPS) is 27.7. The molecule has 2 aliphatic rings. The summed E-state index contributed by atoms with van der Waals surface area (Å²) in [5, 5.41) is 23.1. The number of rotatable bonds is 2. The smallest absolute Gasteiger partial charge is 0.115 e. The molecule has 2 aromatic heterocycles. The van der Waals surface area contributed by atoms with E-state index in [-0.39, 0.29) is 12.2 Å². The monoisotopic (exact) mass is 330 g/mol. The van der Waals surface area contributed by atoms with E-state index >= 15 is 0 Å². The molecule has 4 rings (SSSR count). The van der Waals surface area contributed by atoms with Gasteiger partial charge in [-0.15, -0.1) is 0 Å². The third kappa shape index (κ3) is 3.53. The van der Waals surface area contributed by atoms with E-state index in [0.29, 0.717) is 6.54 Å². The highest BCUT2D eigenvalue weighted by Crippen LogP contribution is 2.21. The first-order chi connectivity index (χ1) is 11.6. The van der Waals surface area contributed by atoms with Crippen molar-refractivity contribution in [2.75, 3.05) is 0 Å². The lowest BCUT2D eigenvalue weighted by Gasteiger charge is -2.14. The second kappa shape index (κ2) is 7.21. The van der Waals surface area contributed by atoms with Crippen LogP contribution in [0.2, 0.25) is 0 Å². The lowest BCUT2D eigenvalue weighted by Crippen LogP contribution is -2.33. The lowest BCUT2D eigenvalue weighted by molar-refractivity contribution is 0.00411. The Hall–Kier alpha value is -2.09. The summed E-state index contributed by atoms with van der Waals surface area (Å²) >= 11 is 0. The molecule has 4 unspecified atom stereocenters. The second-order valence-electron chi connectivity index (χ2n) is 6.01. The number of aromatic nitrogens is 4. The molecule has 24 heavy (non-hydrogen) atoms. The molecule has 0 spiro atoms. The Morgan fingerprint density at radius 2 is 2.12 bits per heavy atom. The van der Waals surface area contributed by atoms with Gasteiger partial charge in [-0.1, -0.05) is 12.2 Å². The van der Waals surface area contributed by atoms with Gasteiger partial charge in [0.1, 0.15) is 24.6 Å². The molecular formula is C17H22N4O3. The van der Waals surface area contributed by atoms with E-state index in [1.54, 1.807) is 36.4 Å². The number of aliphatic hydroxyl groups is 2. The molecule has 7 heteroatoms. The lowest BCUT2D eigenvalue weighted by atomic mass is 10.1. The molecule has 0 radical (unpaired) electrons. The Bertz CT molecular complexity index is 702. The van der Waals surface area contributed by atoms with Crippen molar-refractivity contribution >= 4 is 6.08 Å². The minimum Gasteiger partial charge on any atom is -0.388 e. The Balaban J connectivity index is 0.000000149. The highest BCUT2D eigenvalue weighted by atomic mass is 16.5. The molecule has 4 atom stereocenters. The second-order valence-corrected chi connectivity index (χ2v) is 6.01. The zero-order chi connectivity index (χ0) is 17.1. The number of nitrogens with zero attached hydrogens (tertiary/aromatic N) is 4. The van der Waals surface area contributed by atoms with Gasteiger partial charge in [0.2, 0.25) is 0 Å². The van der Waals surface area contributed by atoms with Gasteiger partial charge in [-0.25, -0.2) is 9.97 Å². The summed E-state index contributed by atoms with van der Waals surface area (Å²) in [4.78, 5) is 8.23. The van der Waals surface area contributed by atoms with Gasteiger partial charge < -0.3 is 14.9 Å². The van der Waals surface area contributed by atoms with Gasteiger partial charge >= 0.3 is 0 Å². The van der Waals surface area contributed by atoms with Crippen molar-refractivity contribution in [2.45, 2.75) is 51.2 Å². The summed E-state index contributed by atoms with van der Waals surface area (Å²) in [5.41, 5.74) is 3.45. The molecule has 1 aliphatic carbocycles. The fourth-order valence-electron chi connectivity index (χ4n) is 2.88. The number of aryl methyl sites for hydroxylation is 1. The minimum absolute atomic E-state index is 0.314. The van der Waals surface area contributed by atoms with Gasteiger partial charge in [-0.2, -0.15) is 5.10 Å². The van der Waals surface area contributed by atoms with Crippen LogP contribution in [-0.2, 0) is 17.7 Å². The quantitative estimate of drug-likeness (QED) is 0.844. The Morgan fingerprint density at radius 3 is 2.75 bits per heavy atom. The van der Waals surface area contributed by atoms with Crippen LogP contribution in [0.15, 0.2) is 30.9 Å². The fraction of sp³-hybridized carbons (Fsp3) is 0.471. The number of hydrogen-bond donors (Lipinski definition) is 2. The first-order valence-corrected chi connectivity index (χ1v) is 8.02. The molecule has 3 heterocycles. The molecule has 2 aromatic rings. The van der Waals surface area contributed by atoms with E-state index in [9.17, 15) is 10.2 Å². The van der Waals surface area contributed by atoms with Crippen LogP contribution in [0.3, 0.4) is 0 Å². The first kappa shape index (κ1) is 16.8. The van der Waals surface area contributed by atoms with Crippen LogP contribution in [0.4, 0.5) is 0 Å². The summed E-state index contributed by atoms with van der Waals surface area (Å²) < 4.78 is 7.08. The zero-order valence-electron chi connectivity index (χ0n) is 13.8. The molecule has 0 amide bonds. The number of hydrogen-bond acceptors (Lipinski definition) is 6. The first-order valence-electron chi connectivity index (χ1n) is 8.02. The third-order valence-corrected chi connectivity index (χ3v) is 4.29. The van der Waals surface area contributed by atoms with E-state index in [1.807, 2.05) is 6.92 Å². The molecule has 2 N–H and O–H groups in total. The van der Waals surface area contributed by atoms with Gasteiger partial charge in [0, 0.05) is 30.1 Å². The molecule has 1 aliphatic heterocycles. The van der Waals surface area contributed by atoms with E-state index in [4.69, 9.17) is 4.74 Å². The average molecular weight is 330 g/mol. The van der Waals surface area contributed by atoms with E-state index < -0.39 is 12.2 Å². The summed E-state index contributed by atoms with van der Waals surface area (Å²) in [6, 6.07) is 1.81. The zero-order valence-corrected chi connectivity index (χ0v) is 13.8. The van der Waals surface area contributed by atoms with Crippen molar-refractivity contribution in [3.63, 3.8) is 0 Å². The molecule has 1 saturated heterocycles. The average Bonchev–Trinajstić information content (AvgIpc) is 3.29. The van der Waals surface area contributed by atoms with Crippen LogP contribution in [0.1, 0.15) is 23.9 Å². The van der Waals surface area contributed by atoms with Crippen molar-refractivity contribution in [1.29, 1.82) is 0 Å². The number of ether oxygens (including phenoxy) is 1. The van der Waals surface area contributed by atoms with Crippen molar-refractivity contribution in [3.8, 4) is 0 Å². The fourth-order valence-corrected chi connectivity index (χ4v) is 2.88. The maximum atomic E-state index is 9.61. The predicted octanol–water partition coefficient (Wildman–Crippen LogP) is 0.747. The maximum Gasteiger partial charge on any atom is 0.115 e. The SMILES string of the molecule is CC1OC(Cn2cccn2)C(O)C1O.Cc1ncnc2c1C=CC2. The van der Waals surface area contributed by atoms with Crippen LogP contribution in [0, 0.1) is 6.92 Å². The van der Waals surface area contributed by atoms with Gasteiger partial charge in [0.15, 0.2) is 0 Å². The largest absolute Gasteiger partial charge is 0.388 e. The summed E-state index contributed by atoms with van der Waals surface area (Å²) in [6.45, 7) is 4.22. The van der Waals surface area contributed by atoms with Crippen molar-refractivity contribution in [1.82, 2.24) is 19.7 Å². The van der Waals surface area contributed by atoms with Gasteiger partial charge in [-0.05, 0) is 19.9 Å². The number of allylic oxidation sites excluding steroid dienone is 1. The topological polar surface area (TPSA) is 93.3 Å². The Labute approximate surface area is 140 Å². The highest BCUT2D eigenvalue weighted by molar-refractivity contribution is 5.59. The van der Waals surface area contributed by atoms with Crippen LogP contribution < -0.4 is 0 Å². The molecular weight excluding hydrogens is 308 g/mol. The van der Waals surface area contributed by atoms with Crippen LogP contribution in [0.25, 0.3) is 6.08 Å². The Kier molecular flexibility index (Phi) is 5.03. The minimum atomic E-state index is -0.825. The van der Waals surface area contributed by atoms with E-state index in [2.05, 4.69) is 27.2 Å². The van der Waals surface area contributed by atoms with Crippen molar-refractivity contribution in [3.05, 3.63) is 47.8 Å². The van der Waals surface area contributed by atoms with Gasteiger partial charge in [-0.3, -0.25) is 4.68 Å². The van der Waals surface area contributed by atoms with E-state index in [1.165, 1.54) is 5.56 Å². The molecule has 0 saturated carbocycles. The summed E-state index contributed by atoms with van der Waals surface area (Å²) in [6.07, 6.45) is 7.96.